The van der Waals surface area contributed by atoms with E-state index in [9.17, 15) is 22.8 Å². The second kappa shape index (κ2) is 6.37. The van der Waals surface area contributed by atoms with Gasteiger partial charge in [0.2, 0.25) is 5.91 Å². The molecule has 0 heterocycles. The molecular formula is C15H18F3NO3. The van der Waals surface area contributed by atoms with E-state index >= 15 is 0 Å². The second-order valence-corrected chi connectivity index (χ2v) is 5.79. The highest BCUT2D eigenvalue weighted by Gasteiger charge is 2.32. The summed E-state index contributed by atoms with van der Waals surface area (Å²) in [5, 5.41) is 11.1. The molecule has 7 heteroatoms. The zero-order valence-corrected chi connectivity index (χ0v) is 12.5. The van der Waals surface area contributed by atoms with Crippen molar-refractivity contribution in [1.29, 1.82) is 0 Å². The molecular weight excluding hydrogens is 299 g/mol. The lowest BCUT2D eigenvalue weighted by Gasteiger charge is -2.25. The maximum Gasteiger partial charge on any atom is 0.416 e. The fraction of sp³-hybridized carbons (Fsp3) is 0.467. The lowest BCUT2D eigenvalue weighted by atomic mass is 9.84. The SMILES string of the molecule is CC(NC(=O)C(C)(C)Cc1ccc(C(F)(F)F)cc1)C(=O)O. The molecule has 122 valence electrons. The first kappa shape index (κ1) is 18.0. The number of carbonyl (C=O) groups is 2. The number of carbonyl (C=O) groups excluding carboxylic acids is 1. The first-order valence-corrected chi connectivity index (χ1v) is 6.63. The Labute approximate surface area is 126 Å². The Bertz CT molecular complexity index is 550. The van der Waals surface area contributed by atoms with Crippen LogP contribution in [0.25, 0.3) is 0 Å². The minimum absolute atomic E-state index is 0.198. The summed E-state index contributed by atoms with van der Waals surface area (Å²) < 4.78 is 37.5. The van der Waals surface area contributed by atoms with E-state index in [1.807, 2.05) is 0 Å². The normalized spacial score (nSPS) is 13.5. The number of amides is 1. The van der Waals surface area contributed by atoms with E-state index in [0.29, 0.717) is 5.56 Å². The van der Waals surface area contributed by atoms with Gasteiger partial charge in [-0.2, -0.15) is 13.2 Å². The molecule has 0 bridgehead atoms. The van der Waals surface area contributed by atoms with Gasteiger partial charge in [0.1, 0.15) is 6.04 Å². The Morgan fingerprint density at radius 2 is 1.68 bits per heavy atom. The lowest BCUT2D eigenvalue weighted by molar-refractivity contribution is -0.142. The minimum Gasteiger partial charge on any atom is -0.480 e. The number of nitrogens with one attached hydrogen (secondary N) is 1. The van der Waals surface area contributed by atoms with E-state index in [4.69, 9.17) is 5.11 Å². The molecule has 22 heavy (non-hydrogen) atoms. The molecule has 0 aromatic heterocycles. The van der Waals surface area contributed by atoms with Gasteiger partial charge in [-0.25, -0.2) is 0 Å². The number of carboxylic acid groups (broad SMARTS) is 1. The molecule has 1 aromatic rings. The Morgan fingerprint density at radius 1 is 1.18 bits per heavy atom. The summed E-state index contributed by atoms with van der Waals surface area (Å²) in [7, 11) is 0. The van der Waals surface area contributed by atoms with Crippen LogP contribution in [-0.2, 0) is 22.2 Å². The number of alkyl halides is 3. The smallest absolute Gasteiger partial charge is 0.416 e. The average Bonchev–Trinajstić information content (AvgIpc) is 2.37. The Hall–Kier alpha value is -2.05. The molecule has 0 spiro atoms. The molecule has 0 saturated carbocycles. The Kier molecular flexibility index (Phi) is 5.22. The molecule has 0 aliphatic rings. The van der Waals surface area contributed by atoms with Gasteiger partial charge in [-0.05, 0) is 31.0 Å². The van der Waals surface area contributed by atoms with Gasteiger partial charge >= 0.3 is 12.1 Å². The van der Waals surface area contributed by atoms with E-state index in [2.05, 4.69) is 5.32 Å². The van der Waals surface area contributed by atoms with Crippen LogP contribution in [-0.4, -0.2) is 23.0 Å². The van der Waals surface area contributed by atoms with Crippen LogP contribution >= 0.6 is 0 Å². The third-order valence-corrected chi connectivity index (χ3v) is 3.26. The van der Waals surface area contributed by atoms with Crippen molar-refractivity contribution in [2.45, 2.75) is 39.4 Å². The number of benzene rings is 1. The molecule has 4 nitrogen and oxygen atoms in total. The van der Waals surface area contributed by atoms with Crippen molar-refractivity contribution in [3.8, 4) is 0 Å². The zero-order chi connectivity index (χ0) is 17.1. The summed E-state index contributed by atoms with van der Waals surface area (Å²) in [5.74, 6) is -1.62. The van der Waals surface area contributed by atoms with Crippen LogP contribution in [0, 0.1) is 5.41 Å². The molecule has 0 aliphatic heterocycles. The van der Waals surface area contributed by atoms with Crippen LogP contribution in [0.4, 0.5) is 13.2 Å². The molecule has 1 unspecified atom stereocenters. The molecule has 1 amide bonds. The molecule has 0 saturated heterocycles. The van der Waals surface area contributed by atoms with Crippen LogP contribution < -0.4 is 5.32 Å². The van der Waals surface area contributed by atoms with Gasteiger partial charge in [0.15, 0.2) is 0 Å². The Balaban J connectivity index is 2.79. The van der Waals surface area contributed by atoms with Crippen molar-refractivity contribution in [3.05, 3.63) is 35.4 Å². The third-order valence-electron chi connectivity index (χ3n) is 3.26. The van der Waals surface area contributed by atoms with Gasteiger partial charge in [-0.1, -0.05) is 26.0 Å². The van der Waals surface area contributed by atoms with Gasteiger partial charge in [-0.15, -0.1) is 0 Å². The summed E-state index contributed by atoms with van der Waals surface area (Å²) >= 11 is 0. The number of aliphatic carboxylic acids is 1. The van der Waals surface area contributed by atoms with E-state index in [1.165, 1.54) is 19.1 Å². The highest BCUT2D eigenvalue weighted by molar-refractivity contribution is 5.86. The van der Waals surface area contributed by atoms with E-state index in [-0.39, 0.29) is 6.42 Å². The zero-order valence-electron chi connectivity index (χ0n) is 12.5. The monoisotopic (exact) mass is 317 g/mol. The maximum atomic E-state index is 12.5. The lowest BCUT2D eigenvalue weighted by Crippen LogP contribution is -2.45. The predicted molar refractivity (Wildman–Crippen MR) is 74.2 cm³/mol. The van der Waals surface area contributed by atoms with Crippen LogP contribution in [0.15, 0.2) is 24.3 Å². The predicted octanol–water partition coefficient (Wildman–Crippen LogP) is 2.86. The molecule has 0 aliphatic carbocycles. The standard InChI is InChI=1S/C15H18F3NO3/c1-9(12(20)21)19-13(22)14(2,3)8-10-4-6-11(7-5-10)15(16,17)18/h4-7,9H,8H2,1-3H3,(H,19,22)(H,20,21). The van der Waals surface area contributed by atoms with Crippen LogP contribution in [0.3, 0.4) is 0 Å². The Morgan fingerprint density at radius 3 is 2.09 bits per heavy atom. The molecule has 1 rings (SSSR count). The topological polar surface area (TPSA) is 66.4 Å². The minimum atomic E-state index is -4.40. The van der Waals surface area contributed by atoms with Gasteiger partial charge < -0.3 is 10.4 Å². The largest absolute Gasteiger partial charge is 0.480 e. The number of carboxylic acids is 1. The summed E-state index contributed by atoms with van der Waals surface area (Å²) in [6.07, 6.45) is -4.20. The number of halogens is 3. The molecule has 1 atom stereocenters. The maximum absolute atomic E-state index is 12.5. The van der Waals surface area contributed by atoms with E-state index in [0.717, 1.165) is 12.1 Å². The van der Waals surface area contributed by atoms with Crippen molar-refractivity contribution in [2.75, 3.05) is 0 Å². The average molecular weight is 317 g/mol. The van der Waals surface area contributed by atoms with E-state index < -0.39 is 35.1 Å². The fourth-order valence-corrected chi connectivity index (χ4v) is 1.86. The van der Waals surface area contributed by atoms with Crippen LogP contribution in [0.1, 0.15) is 31.9 Å². The van der Waals surface area contributed by atoms with E-state index in [1.54, 1.807) is 13.8 Å². The summed E-state index contributed by atoms with van der Waals surface area (Å²) in [4.78, 5) is 22.8. The summed E-state index contributed by atoms with van der Waals surface area (Å²) in [6.45, 7) is 4.55. The number of rotatable bonds is 5. The van der Waals surface area contributed by atoms with Gasteiger partial charge in [0.25, 0.3) is 0 Å². The van der Waals surface area contributed by atoms with Crippen molar-refractivity contribution in [1.82, 2.24) is 5.32 Å². The first-order chi connectivity index (χ1) is 9.93. The third kappa shape index (κ3) is 4.75. The highest BCUT2D eigenvalue weighted by atomic mass is 19.4. The van der Waals surface area contributed by atoms with Gasteiger partial charge in [0, 0.05) is 5.41 Å². The van der Waals surface area contributed by atoms with Crippen molar-refractivity contribution >= 4 is 11.9 Å². The van der Waals surface area contributed by atoms with Crippen molar-refractivity contribution in [3.63, 3.8) is 0 Å². The van der Waals surface area contributed by atoms with Crippen molar-refractivity contribution in [2.24, 2.45) is 5.41 Å². The summed E-state index contributed by atoms with van der Waals surface area (Å²) in [6, 6.07) is 3.53. The second-order valence-electron chi connectivity index (χ2n) is 5.79. The highest BCUT2D eigenvalue weighted by Crippen LogP contribution is 2.30. The molecule has 0 fully saturated rings. The molecule has 1 aromatic carbocycles. The first-order valence-electron chi connectivity index (χ1n) is 6.63. The van der Waals surface area contributed by atoms with Crippen LogP contribution in [0.2, 0.25) is 0 Å². The molecule has 2 N–H and O–H groups in total. The van der Waals surface area contributed by atoms with Gasteiger partial charge in [-0.3, -0.25) is 9.59 Å². The van der Waals surface area contributed by atoms with Gasteiger partial charge in [0.05, 0.1) is 5.56 Å². The molecule has 0 radical (unpaired) electrons. The summed E-state index contributed by atoms with van der Waals surface area (Å²) in [5.41, 5.74) is -1.13. The number of hydrogen-bond donors (Lipinski definition) is 2. The fourth-order valence-electron chi connectivity index (χ4n) is 1.86. The quantitative estimate of drug-likeness (QED) is 0.877. The number of hydrogen-bond acceptors (Lipinski definition) is 2. The van der Waals surface area contributed by atoms with Crippen LogP contribution in [0.5, 0.6) is 0 Å². The van der Waals surface area contributed by atoms with Crippen molar-refractivity contribution < 1.29 is 27.9 Å².